The van der Waals surface area contributed by atoms with Crippen molar-refractivity contribution in [2.45, 2.75) is 19.6 Å². The standard InChI is InChI=1S/C19H14F2N2O4/c1-11(17(24)12-2-5-14(6-3-12)27-19(20)21)26-18(25)13-4-7-15-16(10-13)23-9-8-22-15/h2-11,19H,1H3/t11-/m0/s1. The van der Waals surface area contributed by atoms with Gasteiger partial charge in [0.25, 0.3) is 0 Å². The Morgan fingerprint density at radius 1 is 0.926 bits per heavy atom. The summed E-state index contributed by atoms with van der Waals surface area (Å²) in [6.07, 6.45) is 1.99. The molecule has 0 saturated carbocycles. The number of carbonyl (C=O) groups is 2. The fourth-order valence-electron chi connectivity index (χ4n) is 2.41. The Balaban J connectivity index is 1.68. The van der Waals surface area contributed by atoms with Gasteiger partial charge in [0.15, 0.2) is 6.10 Å². The highest BCUT2D eigenvalue weighted by molar-refractivity contribution is 6.02. The van der Waals surface area contributed by atoms with E-state index in [1.807, 2.05) is 0 Å². The Hall–Kier alpha value is -3.42. The highest BCUT2D eigenvalue weighted by Crippen LogP contribution is 2.18. The lowest BCUT2D eigenvalue weighted by molar-refractivity contribution is -0.0498. The Morgan fingerprint density at radius 2 is 1.56 bits per heavy atom. The molecule has 0 saturated heterocycles. The van der Waals surface area contributed by atoms with Gasteiger partial charge in [0.05, 0.1) is 16.6 Å². The summed E-state index contributed by atoms with van der Waals surface area (Å²) in [7, 11) is 0. The number of Topliss-reactive ketones (excluding diaryl/α,β-unsaturated/α-hetero) is 1. The number of carbonyl (C=O) groups excluding carboxylic acids is 2. The first-order chi connectivity index (χ1) is 12.9. The SMILES string of the molecule is C[C@H](OC(=O)c1ccc2nccnc2c1)C(=O)c1ccc(OC(F)F)cc1. The Labute approximate surface area is 152 Å². The molecule has 0 aliphatic heterocycles. The highest BCUT2D eigenvalue weighted by atomic mass is 19.3. The number of alkyl halides is 2. The van der Waals surface area contributed by atoms with Crippen molar-refractivity contribution in [3.8, 4) is 5.75 Å². The van der Waals surface area contributed by atoms with E-state index in [9.17, 15) is 18.4 Å². The number of ether oxygens (including phenoxy) is 2. The first kappa shape index (κ1) is 18.4. The van der Waals surface area contributed by atoms with Gasteiger partial charge in [0.1, 0.15) is 5.75 Å². The van der Waals surface area contributed by atoms with Gasteiger partial charge in [-0.15, -0.1) is 0 Å². The minimum atomic E-state index is -2.95. The molecule has 0 radical (unpaired) electrons. The monoisotopic (exact) mass is 372 g/mol. The normalized spacial score (nSPS) is 12.0. The molecule has 3 rings (SSSR count). The van der Waals surface area contributed by atoms with Crippen molar-refractivity contribution in [3.05, 3.63) is 66.0 Å². The number of esters is 1. The Bertz CT molecular complexity index is 977. The molecule has 1 atom stereocenters. The van der Waals surface area contributed by atoms with Gasteiger partial charge >= 0.3 is 12.6 Å². The van der Waals surface area contributed by atoms with E-state index >= 15 is 0 Å². The van der Waals surface area contributed by atoms with E-state index in [4.69, 9.17) is 4.74 Å². The second-order valence-corrected chi connectivity index (χ2v) is 5.57. The first-order valence-electron chi connectivity index (χ1n) is 7.95. The van der Waals surface area contributed by atoms with Gasteiger partial charge in [-0.05, 0) is 49.4 Å². The van der Waals surface area contributed by atoms with Crippen molar-refractivity contribution in [3.63, 3.8) is 0 Å². The molecule has 0 aliphatic rings. The van der Waals surface area contributed by atoms with Crippen molar-refractivity contribution in [1.82, 2.24) is 9.97 Å². The van der Waals surface area contributed by atoms with Crippen LogP contribution in [0, 0.1) is 0 Å². The number of aromatic nitrogens is 2. The van der Waals surface area contributed by atoms with Crippen LogP contribution < -0.4 is 4.74 Å². The van der Waals surface area contributed by atoms with Gasteiger partial charge in [0, 0.05) is 18.0 Å². The molecule has 0 amide bonds. The van der Waals surface area contributed by atoms with Crippen molar-refractivity contribution in [2.75, 3.05) is 0 Å². The Morgan fingerprint density at radius 3 is 2.22 bits per heavy atom. The maximum Gasteiger partial charge on any atom is 0.387 e. The minimum absolute atomic E-state index is 0.0662. The third-order valence-electron chi connectivity index (χ3n) is 3.72. The summed E-state index contributed by atoms with van der Waals surface area (Å²) in [5.41, 5.74) is 1.61. The van der Waals surface area contributed by atoms with Crippen molar-refractivity contribution in [2.24, 2.45) is 0 Å². The average molecular weight is 372 g/mol. The number of hydrogen-bond acceptors (Lipinski definition) is 6. The number of hydrogen-bond donors (Lipinski definition) is 0. The van der Waals surface area contributed by atoms with Crippen LogP contribution in [0.4, 0.5) is 8.78 Å². The van der Waals surface area contributed by atoms with Crippen LogP contribution in [0.3, 0.4) is 0 Å². The van der Waals surface area contributed by atoms with Crippen LogP contribution in [0.1, 0.15) is 27.6 Å². The zero-order valence-corrected chi connectivity index (χ0v) is 14.1. The molecular weight excluding hydrogens is 358 g/mol. The molecule has 8 heteroatoms. The molecule has 0 spiro atoms. The lowest BCUT2D eigenvalue weighted by Gasteiger charge is -2.13. The summed E-state index contributed by atoms with van der Waals surface area (Å²) in [5, 5.41) is 0. The fraction of sp³-hybridized carbons (Fsp3) is 0.158. The van der Waals surface area contributed by atoms with Gasteiger partial charge in [0.2, 0.25) is 5.78 Å². The summed E-state index contributed by atoms with van der Waals surface area (Å²) >= 11 is 0. The summed E-state index contributed by atoms with van der Waals surface area (Å²) < 4.78 is 33.7. The van der Waals surface area contributed by atoms with Crippen LogP contribution >= 0.6 is 0 Å². The number of fused-ring (bicyclic) bond motifs is 1. The molecule has 1 heterocycles. The second-order valence-electron chi connectivity index (χ2n) is 5.57. The van der Waals surface area contributed by atoms with Crippen LogP contribution in [-0.2, 0) is 4.74 Å². The van der Waals surface area contributed by atoms with E-state index in [0.29, 0.717) is 11.0 Å². The molecule has 27 heavy (non-hydrogen) atoms. The largest absolute Gasteiger partial charge is 0.451 e. The van der Waals surface area contributed by atoms with E-state index < -0.39 is 24.5 Å². The zero-order valence-electron chi connectivity index (χ0n) is 14.1. The average Bonchev–Trinajstić information content (AvgIpc) is 2.67. The molecule has 2 aromatic carbocycles. The van der Waals surface area contributed by atoms with Gasteiger partial charge in [-0.3, -0.25) is 14.8 Å². The number of ketones is 1. The molecule has 0 bridgehead atoms. The maximum absolute atomic E-state index is 12.4. The van der Waals surface area contributed by atoms with E-state index in [-0.39, 0.29) is 16.9 Å². The molecule has 0 aliphatic carbocycles. The van der Waals surface area contributed by atoms with Crippen LogP contribution in [0.5, 0.6) is 5.75 Å². The molecule has 1 aromatic heterocycles. The maximum atomic E-state index is 12.4. The zero-order chi connectivity index (χ0) is 19.4. The number of halogens is 2. The first-order valence-corrected chi connectivity index (χ1v) is 7.95. The van der Waals surface area contributed by atoms with Crippen LogP contribution in [-0.4, -0.2) is 34.4 Å². The predicted molar refractivity (Wildman–Crippen MR) is 91.8 cm³/mol. The second kappa shape index (κ2) is 7.86. The molecule has 0 N–H and O–H groups in total. The Kier molecular flexibility index (Phi) is 5.35. The van der Waals surface area contributed by atoms with E-state index in [1.165, 1.54) is 49.5 Å². The van der Waals surface area contributed by atoms with Gasteiger partial charge in [-0.1, -0.05) is 0 Å². The smallest absolute Gasteiger partial charge is 0.387 e. The molecule has 0 fully saturated rings. The number of benzene rings is 2. The lowest BCUT2D eigenvalue weighted by Crippen LogP contribution is -2.24. The van der Waals surface area contributed by atoms with E-state index in [2.05, 4.69) is 14.7 Å². The summed E-state index contributed by atoms with van der Waals surface area (Å²) in [6, 6.07) is 9.84. The predicted octanol–water partition coefficient (Wildman–Crippen LogP) is 3.66. The molecular formula is C19H14F2N2O4. The van der Waals surface area contributed by atoms with E-state index in [1.54, 1.807) is 12.3 Å². The van der Waals surface area contributed by atoms with Crippen LogP contribution in [0.2, 0.25) is 0 Å². The highest BCUT2D eigenvalue weighted by Gasteiger charge is 2.21. The van der Waals surface area contributed by atoms with Crippen molar-refractivity contribution < 1.29 is 27.8 Å². The van der Waals surface area contributed by atoms with Gasteiger partial charge in [-0.25, -0.2) is 4.79 Å². The molecule has 0 unspecified atom stereocenters. The van der Waals surface area contributed by atoms with Crippen LogP contribution in [0.15, 0.2) is 54.9 Å². The molecule has 6 nitrogen and oxygen atoms in total. The minimum Gasteiger partial charge on any atom is -0.451 e. The van der Waals surface area contributed by atoms with E-state index in [0.717, 1.165) is 0 Å². The number of rotatable bonds is 6. The van der Waals surface area contributed by atoms with Gasteiger partial charge in [-0.2, -0.15) is 8.78 Å². The topological polar surface area (TPSA) is 78.4 Å². The van der Waals surface area contributed by atoms with Crippen molar-refractivity contribution >= 4 is 22.8 Å². The molecule has 138 valence electrons. The third-order valence-corrected chi connectivity index (χ3v) is 3.72. The van der Waals surface area contributed by atoms with Gasteiger partial charge < -0.3 is 9.47 Å². The molecule has 3 aromatic rings. The van der Waals surface area contributed by atoms with Crippen molar-refractivity contribution in [1.29, 1.82) is 0 Å². The third kappa shape index (κ3) is 4.41. The summed E-state index contributed by atoms with van der Waals surface area (Å²) in [4.78, 5) is 32.9. The van der Waals surface area contributed by atoms with Crippen LogP contribution in [0.25, 0.3) is 11.0 Å². The summed E-state index contributed by atoms with van der Waals surface area (Å²) in [5.74, 6) is -1.21. The quantitative estimate of drug-likeness (QED) is 0.485. The lowest BCUT2D eigenvalue weighted by atomic mass is 10.1. The number of nitrogens with zero attached hydrogens (tertiary/aromatic N) is 2. The fourth-order valence-corrected chi connectivity index (χ4v) is 2.41. The summed E-state index contributed by atoms with van der Waals surface area (Å²) in [6.45, 7) is -1.51.